The van der Waals surface area contributed by atoms with Crippen LogP contribution < -0.4 is 0 Å². The largest absolute Gasteiger partial charge is 0.0622 e. The fourth-order valence-corrected chi connectivity index (χ4v) is 5.13. The molecule has 0 saturated heterocycles. The fraction of sp³-hybridized carbons (Fsp3) is 0.211. The molecule has 0 bridgehead atoms. The van der Waals surface area contributed by atoms with Gasteiger partial charge in [-0.15, -0.1) is 0 Å². The minimum absolute atomic E-state index is 1.09. The summed E-state index contributed by atoms with van der Waals surface area (Å²) in [7, 11) is 0. The van der Waals surface area contributed by atoms with E-state index in [1.165, 1.54) is 44.5 Å². The fourth-order valence-electron chi connectivity index (χ4n) is 5.13. The van der Waals surface area contributed by atoms with Gasteiger partial charge in [0.15, 0.2) is 0 Å². The zero-order valence-electron chi connectivity index (χ0n) is 22.4. The second-order valence-corrected chi connectivity index (χ2v) is 10.4. The molecule has 0 aliphatic carbocycles. The van der Waals surface area contributed by atoms with Crippen molar-refractivity contribution in [2.24, 2.45) is 0 Å². The molecule has 0 aromatic heterocycles. The highest BCUT2D eigenvalue weighted by molar-refractivity contribution is 5.30. The number of benzene rings is 5. The molecule has 0 aliphatic heterocycles. The summed E-state index contributed by atoms with van der Waals surface area (Å²) in [5, 5.41) is 0. The van der Waals surface area contributed by atoms with Crippen molar-refractivity contribution >= 4 is 0 Å². The summed E-state index contributed by atoms with van der Waals surface area (Å²) in [5.74, 6) is 0. The first-order valence-corrected chi connectivity index (χ1v) is 14.1. The van der Waals surface area contributed by atoms with Gasteiger partial charge < -0.3 is 0 Å². The van der Waals surface area contributed by atoms with E-state index in [0.717, 1.165) is 51.4 Å². The molecular formula is C38H38. The van der Waals surface area contributed by atoms with E-state index in [0.29, 0.717) is 0 Å². The van der Waals surface area contributed by atoms with Gasteiger partial charge in [-0.1, -0.05) is 133 Å². The molecule has 5 aromatic carbocycles. The van der Waals surface area contributed by atoms with Gasteiger partial charge >= 0.3 is 0 Å². The van der Waals surface area contributed by atoms with Crippen LogP contribution in [0.15, 0.2) is 133 Å². The molecular weight excluding hydrogens is 456 g/mol. The standard InChI is InChI=1S/C38H38/c1-3-8-31(9-4-1)14-16-33-18-22-35(23-19-33)26-28-37-12-7-13-38(30-37)29-27-36-24-20-34(21-25-36)17-15-32-10-5-2-6-11-32/h1-13,18-25,30H,14-17,26-29H2. The highest BCUT2D eigenvalue weighted by atomic mass is 14.1. The van der Waals surface area contributed by atoms with Crippen molar-refractivity contribution in [3.8, 4) is 0 Å². The Hall–Kier alpha value is -3.90. The monoisotopic (exact) mass is 494 g/mol. The van der Waals surface area contributed by atoms with Crippen LogP contribution >= 0.6 is 0 Å². The third-order valence-electron chi connectivity index (χ3n) is 7.53. The summed E-state index contributed by atoms with van der Waals surface area (Å²) >= 11 is 0. The molecule has 190 valence electrons. The zero-order valence-corrected chi connectivity index (χ0v) is 22.4. The molecule has 0 fully saturated rings. The van der Waals surface area contributed by atoms with E-state index in [1.807, 2.05) is 0 Å². The number of hydrogen-bond acceptors (Lipinski definition) is 0. The molecule has 0 heteroatoms. The molecule has 0 saturated carbocycles. The van der Waals surface area contributed by atoms with Gasteiger partial charge in [0, 0.05) is 0 Å². The third-order valence-corrected chi connectivity index (χ3v) is 7.53. The Morgan fingerprint density at radius 2 is 0.447 bits per heavy atom. The Bertz CT molecular complexity index is 1260. The second-order valence-electron chi connectivity index (χ2n) is 10.4. The van der Waals surface area contributed by atoms with Crippen LogP contribution in [0.25, 0.3) is 0 Å². The van der Waals surface area contributed by atoms with Crippen molar-refractivity contribution in [2.75, 3.05) is 0 Å². The van der Waals surface area contributed by atoms with Crippen molar-refractivity contribution in [2.45, 2.75) is 51.4 Å². The SMILES string of the molecule is c1ccc(CCc2ccc(CCc3cccc(CCc4ccc(CCc5ccccc5)cc4)c3)cc2)cc1. The topological polar surface area (TPSA) is 0 Å². The second kappa shape index (κ2) is 13.6. The summed E-state index contributed by atoms with van der Waals surface area (Å²) in [5.41, 5.74) is 11.4. The van der Waals surface area contributed by atoms with Gasteiger partial charge in [-0.3, -0.25) is 0 Å². The molecule has 5 aromatic rings. The molecule has 0 nitrogen and oxygen atoms in total. The van der Waals surface area contributed by atoms with Gasteiger partial charge in [0.25, 0.3) is 0 Å². The van der Waals surface area contributed by atoms with Crippen LogP contribution in [0.5, 0.6) is 0 Å². The first kappa shape index (κ1) is 25.7. The lowest BCUT2D eigenvalue weighted by Crippen LogP contribution is -1.97. The Morgan fingerprint density at radius 3 is 0.763 bits per heavy atom. The van der Waals surface area contributed by atoms with E-state index in [-0.39, 0.29) is 0 Å². The van der Waals surface area contributed by atoms with Crippen molar-refractivity contribution in [1.29, 1.82) is 0 Å². The quantitative estimate of drug-likeness (QED) is 0.162. The maximum absolute atomic E-state index is 2.41. The first-order valence-electron chi connectivity index (χ1n) is 14.1. The molecule has 0 spiro atoms. The number of aryl methyl sites for hydroxylation is 8. The highest BCUT2D eigenvalue weighted by Gasteiger charge is 2.02. The minimum atomic E-state index is 1.09. The van der Waals surface area contributed by atoms with Gasteiger partial charge in [0.2, 0.25) is 0 Å². The Kier molecular flexibility index (Phi) is 9.20. The van der Waals surface area contributed by atoms with Crippen molar-refractivity contribution in [3.05, 3.63) is 178 Å². The van der Waals surface area contributed by atoms with Gasteiger partial charge in [-0.2, -0.15) is 0 Å². The van der Waals surface area contributed by atoms with E-state index in [9.17, 15) is 0 Å². The average molecular weight is 495 g/mol. The molecule has 38 heavy (non-hydrogen) atoms. The molecule has 0 unspecified atom stereocenters. The molecule has 0 atom stereocenters. The van der Waals surface area contributed by atoms with Crippen molar-refractivity contribution < 1.29 is 0 Å². The Balaban J connectivity index is 1.06. The average Bonchev–Trinajstić information content (AvgIpc) is 2.99. The third kappa shape index (κ3) is 8.05. The van der Waals surface area contributed by atoms with Gasteiger partial charge in [-0.25, -0.2) is 0 Å². The number of hydrogen-bond donors (Lipinski definition) is 0. The van der Waals surface area contributed by atoms with Crippen LogP contribution in [0.3, 0.4) is 0 Å². The minimum Gasteiger partial charge on any atom is -0.0622 e. The van der Waals surface area contributed by atoms with Crippen molar-refractivity contribution in [3.63, 3.8) is 0 Å². The molecule has 0 radical (unpaired) electrons. The molecule has 5 rings (SSSR count). The first-order chi connectivity index (χ1) is 18.8. The Labute approximate surface area is 229 Å². The lowest BCUT2D eigenvalue weighted by molar-refractivity contribution is 0.921. The van der Waals surface area contributed by atoms with Gasteiger partial charge in [0.1, 0.15) is 0 Å². The summed E-state index contributed by atoms with van der Waals surface area (Å²) in [6.07, 6.45) is 8.77. The van der Waals surface area contributed by atoms with Crippen LogP contribution in [0.1, 0.15) is 44.5 Å². The maximum Gasteiger partial charge on any atom is -0.0238 e. The van der Waals surface area contributed by atoms with E-state index in [1.54, 1.807) is 0 Å². The van der Waals surface area contributed by atoms with Crippen LogP contribution in [0, 0.1) is 0 Å². The summed E-state index contributed by atoms with van der Waals surface area (Å²) in [6, 6.07) is 49.2. The smallest absolute Gasteiger partial charge is 0.0238 e. The predicted molar refractivity (Wildman–Crippen MR) is 162 cm³/mol. The van der Waals surface area contributed by atoms with Crippen LogP contribution in [-0.2, 0) is 51.4 Å². The molecule has 0 N–H and O–H groups in total. The predicted octanol–water partition coefficient (Wildman–Crippen LogP) is 8.83. The summed E-state index contributed by atoms with van der Waals surface area (Å²) in [6.45, 7) is 0. The van der Waals surface area contributed by atoms with E-state index in [2.05, 4.69) is 133 Å². The van der Waals surface area contributed by atoms with Crippen molar-refractivity contribution in [1.82, 2.24) is 0 Å². The van der Waals surface area contributed by atoms with E-state index < -0.39 is 0 Å². The lowest BCUT2D eigenvalue weighted by Gasteiger charge is -2.08. The molecule has 0 amide bonds. The van der Waals surface area contributed by atoms with Crippen LogP contribution in [0.4, 0.5) is 0 Å². The van der Waals surface area contributed by atoms with Gasteiger partial charge in [-0.05, 0) is 95.9 Å². The molecule has 0 aliphatic rings. The zero-order chi connectivity index (χ0) is 25.8. The van der Waals surface area contributed by atoms with Gasteiger partial charge in [0.05, 0.1) is 0 Å². The summed E-state index contributed by atoms with van der Waals surface area (Å²) < 4.78 is 0. The van der Waals surface area contributed by atoms with Crippen LogP contribution in [-0.4, -0.2) is 0 Å². The Morgan fingerprint density at radius 1 is 0.211 bits per heavy atom. The maximum atomic E-state index is 2.41. The normalized spacial score (nSPS) is 10.9. The molecule has 0 heterocycles. The lowest BCUT2D eigenvalue weighted by atomic mass is 9.97. The van der Waals surface area contributed by atoms with E-state index >= 15 is 0 Å². The van der Waals surface area contributed by atoms with Crippen LogP contribution in [0.2, 0.25) is 0 Å². The highest BCUT2D eigenvalue weighted by Crippen LogP contribution is 2.15. The number of rotatable bonds is 12. The van der Waals surface area contributed by atoms with E-state index in [4.69, 9.17) is 0 Å². The summed E-state index contributed by atoms with van der Waals surface area (Å²) in [4.78, 5) is 0.